The van der Waals surface area contributed by atoms with E-state index >= 15 is 0 Å². The Labute approximate surface area is 107 Å². The minimum absolute atomic E-state index is 0.713. The molecule has 4 heteroatoms. The van der Waals surface area contributed by atoms with Gasteiger partial charge in [-0.15, -0.1) is 11.3 Å². The summed E-state index contributed by atoms with van der Waals surface area (Å²) < 4.78 is 0. The Balaban J connectivity index is 2.15. The van der Waals surface area contributed by atoms with Crippen molar-refractivity contribution in [3.8, 4) is 0 Å². The lowest BCUT2D eigenvalue weighted by molar-refractivity contribution is -0.105. The quantitative estimate of drug-likeness (QED) is 0.836. The molecule has 0 saturated heterocycles. The predicted octanol–water partition coefficient (Wildman–Crippen LogP) is 2.64. The van der Waals surface area contributed by atoms with Crippen LogP contribution >= 0.6 is 11.3 Å². The minimum Gasteiger partial charge on any atom is -0.320 e. The summed E-state index contributed by atoms with van der Waals surface area (Å²) >= 11 is 1.73. The maximum atomic E-state index is 10.5. The van der Waals surface area contributed by atoms with Crippen LogP contribution in [0.3, 0.4) is 0 Å². The van der Waals surface area contributed by atoms with Crippen molar-refractivity contribution in [2.24, 2.45) is 5.92 Å². The summed E-state index contributed by atoms with van der Waals surface area (Å²) in [6.45, 7) is 9.97. The lowest BCUT2D eigenvalue weighted by Crippen LogP contribution is -2.32. The Morgan fingerprint density at radius 3 is 2.94 bits per heavy atom. The Bertz CT molecular complexity index is 412. The Morgan fingerprint density at radius 1 is 1.53 bits per heavy atom. The van der Waals surface area contributed by atoms with Crippen molar-refractivity contribution >= 4 is 22.7 Å². The zero-order valence-corrected chi connectivity index (χ0v) is 11.6. The number of anilines is 1. The van der Waals surface area contributed by atoms with Crippen molar-refractivity contribution < 1.29 is 4.79 Å². The molecule has 0 aromatic carbocycles. The van der Waals surface area contributed by atoms with Gasteiger partial charge in [0.15, 0.2) is 0 Å². The summed E-state index contributed by atoms with van der Waals surface area (Å²) in [7, 11) is 0. The van der Waals surface area contributed by atoms with Gasteiger partial charge in [0.2, 0.25) is 6.41 Å². The second kappa shape index (κ2) is 5.19. The molecule has 1 amide bonds. The SMILES string of the molecule is Cc1c(NC=O)sc2c1CCN(CC(C)C)C2. The van der Waals surface area contributed by atoms with Crippen LogP contribution in [0.5, 0.6) is 0 Å². The van der Waals surface area contributed by atoms with Gasteiger partial charge in [-0.05, 0) is 30.4 Å². The van der Waals surface area contributed by atoms with Crippen LogP contribution in [0.2, 0.25) is 0 Å². The number of carbonyl (C=O) groups is 1. The highest BCUT2D eigenvalue weighted by molar-refractivity contribution is 7.16. The third-order valence-corrected chi connectivity index (χ3v) is 4.46. The van der Waals surface area contributed by atoms with Gasteiger partial charge in [0.05, 0.1) is 5.00 Å². The van der Waals surface area contributed by atoms with Gasteiger partial charge in [0.25, 0.3) is 0 Å². The van der Waals surface area contributed by atoms with Crippen molar-refractivity contribution in [1.29, 1.82) is 0 Å². The molecule has 0 bridgehead atoms. The number of amides is 1. The average molecular weight is 252 g/mol. The van der Waals surface area contributed by atoms with Crippen LogP contribution in [0.15, 0.2) is 0 Å². The summed E-state index contributed by atoms with van der Waals surface area (Å²) in [5.74, 6) is 0.713. The van der Waals surface area contributed by atoms with E-state index in [1.165, 1.54) is 16.0 Å². The first-order chi connectivity index (χ1) is 8.11. The summed E-state index contributed by atoms with van der Waals surface area (Å²) in [5.41, 5.74) is 2.72. The molecule has 1 aliphatic rings. The van der Waals surface area contributed by atoms with Crippen molar-refractivity contribution in [2.75, 3.05) is 18.4 Å². The lowest BCUT2D eigenvalue weighted by atomic mass is 10.0. The van der Waals surface area contributed by atoms with Gasteiger partial charge in [-0.25, -0.2) is 0 Å². The van der Waals surface area contributed by atoms with Gasteiger partial charge in [0.1, 0.15) is 0 Å². The Morgan fingerprint density at radius 2 is 2.29 bits per heavy atom. The zero-order chi connectivity index (χ0) is 12.4. The van der Waals surface area contributed by atoms with Crippen molar-refractivity contribution in [3.05, 3.63) is 16.0 Å². The molecule has 1 aromatic rings. The maximum absolute atomic E-state index is 10.5. The molecule has 0 fully saturated rings. The number of rotatable bonds is 4. The van der Waals surface area contributed by atoms with E-state index in [0.29, 0.717) is 5.92 Å². The number of hydrogen-bond acceptors (Lipinski definition) is 3. The topological polar surface area (TPSA) is 32.3 Å². The number of nitrogens with zero attached hydrogens (tertiary/aromatic N) is 1. The molecule has 0 spiro atoms. The van der Waals surface area contributed by atoms with Crippen LogP contribution < -0.4 is 5.32 Å². The molecule has 2 rings (SSSR count). The van der Waals surface area contributed by atoms with Crippen LogP contribution in [0.4, 0.5) is 5.00 Å². The molecule has 2 heterocycles. The highest BCUT2D eigenvalue weighted by Crippen LogP contribution is 2.36. The molecular formula is C13H20N2OS. The smallest absolute Gasteiger partial charge is 0.212 e. The second-order valence-corrected chi connectivity index (χ2v) is 6.20. The van der Waals surface area contributed by atoms with Crippen LogP contribution in [0, 0.1) is 12.8 Å². The van der Waals surface area contributed by atoms with E-state index in [2.05, 4.69) is 31.0 Å². The van der Waals surface area contributed by atoms with E-state index in [1.54, 1.807) is 11.3 Å². The second-order valence-electron chi connectivity index (χ2n) is 5.10. The molecular weight excluding hydrogens is 232 g/mol. The van der Waals surface area contributed by atoms with Crippen molar-refractivity contribution in [2.45, 2.75) is 33.7 Å². The summed E-state index contributed by atoms with van der Waals surface area (Å²) in [5, 5.41) is 3.83. The first kappa shape index (κ1) is 12.6. The molecule has 17 heavy (non-hydrogen) atoms. The molecule has 1 aromatic heterocycles. The first-order valence-electron chi connectivity index (χ1n) is 6.15. The third kappa shape index (κ3) is 2.69. The van der Waals surface area contributed by atoms with Gasteiger partial charge in [-0.2, -0.15) is 0 Å². The summed E-state index contributed by atoms with van der Waals surface area (Å²) in [6.07, 6.45) is 1.89. The fourth-order valence-corrected chi connectivity index (χ4v) is 3.73. The fraction of sp³-hybridized carbons (Fsp3) is 0.615. The first-order valence-corrected chi connectivity index (χ1v) is 6.97. The van der Waals surface area contributed by atoms with Crippen LogP contribution in [0.1, 0.15) is 29.9 Å². The normalized spacial score (nSPS) is 16.0. The van der Waals surface area contributed by atoms with Crippen molar-refractivity contribution in [1.82, 2.24) is 4.90 Å². The van der Waals surface area contributed by atoms with E-state index in [9.17, 15) is 4.79 Å². The molecule has 0 aliphatic carbocycles. The van der Waals surface area contributed by atoms with Gasteiger partial charge >= 0.3 is 0 Å². The lowest BCUT2D eigenvalue weighted by Gasteiger charge is -2.28. The molecule has 1 N–H and O–H groups in total. The highest BCUT2D eigenvalue weighted by atomic mass is 32.1. The Hall–Kier alpha value is -0.870. The number of thiophene rings is 1. The van der Waals surface area contributed by atoms with E-state index in [1.807, 2.05) is 0 Å². The van der Waals surface area contributed by atoms with Gasteiger partial charge in [0, 0.05) is 24.5 Å². The van der Waals surface area contributed by atoms with Crippen LogP contribution in [-0.2, 0) is 17.8 Å². The van der Waals surface area contributed by atoms with Crippen LogP contribution in [0.25, 0.3) is 0 Å². The number of carbonyl (C=O) groups excluding carboxylic acids is 1. The van der Waals surface area contributed by atoms with Gasteiger partial charge < -0.3 is 5.32 Å². The minimum atomic E-state index is 0.713. The van der Waals surface area contributed by atoms with Crippen molar-refractivity contribution in [3.63, 3.8) is 0 Å². The molecule has 94 valence electrons. The number of fused-ring (bicyclic) bond motifs is 1. The molecule has 0 atom stereocenters. The Kier molecular flexibility index (Phi) is 3.84. The van der Waals surface area contributed by atoms with E-state index in [0.717, 1.165) is 37.5 Å². The van der Waals surface area contributed by atoms with Gasteiger partial charge in [-0.1, -0.05) is 13.8 Å². The number of hydrogen-bond donors (Lipinski definition) is 1. The average Bonchev–Trinajstić information content (AvgIpc) is 2.55. The molecule has 0 saturated carbocycles. The molecule has 0 radical (unpaired) electrons. The van der Waals surface area contributed by atoms with E-state index in [-0.39, 0.29) is 0 Å². The number of nitrogens with one attached hydrogen (secondary N) is 1. The van der Waals surface area contributed by atoms with Gasteiger partial charge in [-0.3, -0.25) is 9.69 Å². The highest BCUT2D eigenvalue weighted by Gasteiger charge is 2.22. The van der Waals surface area contributed by atoms with Crippen LogP contribution in [-0.4, -0.2) is 24.4 Å². The fourth-order valence-electron chi connectivity index (χ4n) is 2.48. The monoisotopic (exact) mass is 252 g/mol. The molecule has 3 nitrogen and oxygen atoms in total. The van der Waals surface area contributed by atoms with E-state index < -0.39 is 0 Å². The molecule has 1 aliphatic heterocycles. The predicted molar refractivity (Wildman–Crippen MR) is 72.6 cm³/mol. The third-order valence-electron chi connectivity index (χ3n) is 3.21. The summed E-state index contributed by atoms with van der Waals surface area (Å²) in [4.78, 5) is 14.5. The standard InChI is InChI=1S/C13H20N2OS/c1-9(2)6-15-5-4-11-10(3)13(14-8-16)17-12(11)7-15/h8-9H,4-7H2,1-3H3,(H,14,16). The summed E-state index contributed by atoms with van der Waals surface area (Å²) in [6, 6.07) is 0. The maximum Gasteiger partial charge on any atom is 0.212 e. The van der Waals surface area contributed by atoms with E-state index in [4.69, 9.17) is 0 Å². The molecule has 0 unspecified atom stereocenters. The largest absolute Gasteiger partial charge is 0.320 e. The zero-order valence-electron chi connectivity index (χ0n) is 10.7.